The molecule has 5 heteroatoms. The molecular formula is C29H43N3O2. The zero-order valence-corrected chi connectivity index (χ0v) is 21.8. The first-order chi connectivity index (χ1) is 16.1. The SMILES string of the molecule is CC(=O)NC[C@H](C)CCc1nnc2c(c1C)[C@]1(C)CC[C@H]3[C@@H](CC=C4C[C@@H](O)CC[C@@]43C)[C@@H]1C2. The van der Waals surface area contributed by atoms with Crippen molar-refractivity contribution in [1.29, 1.82) is 0 Å². The molecule has 0 bridgehead atoms. The minimum Gasteiger partial charge on any atom is -0.393 e. The zero-order chi connectivity index (χ0) is 24.3. The van der Waals surface area contributed by atoms with E-state index in [0.717, 1.165) is 63.1 Å². The molecule has 1 aromatic heterocycles. The molecule has 0 radical (unpaired) electrons. The first kappa shape index (κ1) is 24.0. The number of hydrogen-bond donors (Lipinski definition) is 2. The van der Waals surface area contributed by atoms with E-state index in [0.29, 0.717) is 17.8 Å². The molecule has 2 fully saturated rings. The number of nitrogens with one attached hydrogen (secondary N) is 1. The van der Waals surface area contributed by atoms with E-state index in [-0.39, 0.29) is 22.8 Å². The first-order valence-electron chi connectivity index (χ1n) is 13.6. The van der Waals surface area contributed by atoms with Crippen LogP contribution in [0.5, 0.6) is 0 Å². The molecular weight excluding hydrogens is 422 g/mol. The molecule has 2 N–H and O–H groups in total. The third-order valence-electron chi connectivity index (χ3n) is 10.4. The summed E-state index contributed by atoms with van der Waals surface area (Å²) < 4.78 is 0. The molecule has 0 saturated heterocycles. The quantitative estimate of drug-likeness (QED) is 0.611. The number of aromatic nitrogens is 2. The fraction of sp³-hybridized carbons (Fsp3) is 0.759. The van der Waals surface area contributed by atoms with Gasteiger partial charge in [0.15, 0.2) is 0 Å². The molecule has 4 aliphatic rings. The summed E-state index contributed by atoms with van der Waals surface area (Å²) in [7, 11) is 0. The fourth-order valence-electron chi connectivity index (χ4n) is 8.41. The van der Waals surface area contributed by atoms with E-state index in [9.17, 15) is 9.90 Å². The second kappa shape index (κ2) is 8.72. The van der Waals surface area contributed by atoms with Crippen molar-refractivity contribution < 1.29 is 9.90 Å². The van der Waals surface area contributed by atoms with E-state index in [1.54, 1.807) is 12.5 Å². The summed E-state index contributed by atoms with van der Waals surface area (Å²) >= 11 is 0. The van der Waals surface area contributed by atoms with Crippen LogP contribution in [0, 0.1) is 36.0 Å². The lowest BCUT2D eigenvalue weighted by Gasteiger charge is -2.57. The molecule has 1 heterocycles. The Kier molecular flexibility index (Phi) is 6.15. The minimum absolute atomic E-state index is 0.0397. The van der Waals surface area contributed by atoms with E-state index in [1.165, 1.54) is 29.7 Å². The van der Waals surface area contributed by atoms with Crippen LogP contribution in [0.2, 0.25) is 0 Å². The summed E-state index contributed by atoms with van der Waals surface area (Å²) in [6.07, 6.45) is 12.0. The monoisotopic (exact) mass is 465 g/mol. The molecule has 4 aliphatic carbocycles. The minimum atomic E-state index is -0.141. The molecule has 34 heavy (non-hydrogen) atoms. The van der Waals surface area contributed by atoms with Gasteiger partial charge in [0.1, 0.15) is 0 Å². The zero-order valence-electron chi connectivity index (χ0n) is 21.8. The lowest BCUT2D eigenvalue weighted by molar-refractivity contribution is -0.119. The van der Waals surface area contributed by atoms with Crippen LogP contribution in [-0.4, -0.2) is 33.9 Å². The normalized spacial score (nSPS) is 37.1. The Labute approximate surface area is 205 Å². The van der Waals surface area contributed by atoms with Crippen LogP contribution < -0.4 is 5.32 Å². The van der Waals surface area contributed by atoms with Crippen LogP contribution in [0.25, 0.3) is 0 Å². The van der Waals surface area contributed by atoms with Crippen molar-refractivity contribution in [3.8, 4) is 0 Å². The van der Waals surface area contributed by atoms with Gasteiger partial charge in [0, 0.05) is 13.5 Å². The van der Waals surface area contributed by atoms with Crippen molar-refractivity contribution in [1.82, 2.24) is 15.5 Å². The van der Waals surface area contributed by atoms with Gasteiger partial charge >= 0.3 is 0 Å². The number of amides is 1. The molecule has 0 spiro atoms. The molecule has 0 aliphatic heterocycles. The van der Waals surface area contributed by atoms with Crippen LogP contribution in [0.15, 0.2) is 11.6 Å². The van der Waals surface area contributed by atoms with E-state index in [2.05, 4.69) is 39.1 Å². The lowest BCUT2D eigenvalue weighted by atomic mass is 9.47. The number of fused-ring (bicyclic) bond motifs is 7. The maximum absolute atomic E-state index is 11.2. The van der Waals surface area contributed by atoms with Crippen LogP contribution in [0.1, 0.15) is 95.2 Å². The highest BCUT2D eigenvalue weighted by Crippen LogP contribution is 2.64. The Morgan fingerprint density at radius 2 is 1.94 bits per heavy atom. The van der Waals surface area contributed by atoms with Crippen molar-refractivity contribution in [3.63, 3.8) is 0 Å². The number of carbonyl (C=O) groups excluding carboxylic acids is 1. The molecule has 5 rings (SSSR count). The smallest absolute Gasteiger partial charge is 0.216 e. The summed E-state index contributed by atoms with van der Waals surface area (Å²) in [5, 5.41) is 22.8. The van der Waals surface area contributed by atoms with Crippen molar-refractivity contribution in [2.24, 2.45) is 29.1 Å². The van der Waals surface area contributed by atoms with Crippen molar-refractivity contribution in [2.75, 3.05) is 6.54 Å². The number of nitrogens with zero attached hydrogens (tertiary/aromatic N) is 2. The Morgan fingerprint density at radius 3 is 2.71 bits per heavy atom. The number of aliphatic hydroxyl groups excluding tert-OH is 1. The number of aliphatic hydroxyl groups is 1. The largest absolute Gasteiger partial charge is 0.393 e. The van der Waals surface area contributed by atoms with Gasteiger partial charge < -0.3 is 10.4 Å². The highest BCUT2D eigenvalue weighted by atomic mass is 16.3. The van der Waals surface area contributed by atoms with Crippen LogP contribution >= 0.6 is 0 Å². The standard InChI is InChI=1S/C29H43N3O2/c1-17(16-30-19(3)33)6-9-25-18(2)27-26(32-31-25)15-24-22-8-7-20-14-21(34)10-12-28(20,4)23(22)11-13-29(24,27)5/h7,17,21-24,34H,6,8-16H2,1-5H3,(H,30,33)/t17-,21+,22-,23+,24+,28+,29-/m1/s1. The van der Waals surface area contributed by atoms with Crippen LogP contribution in [-0.2, 0) is 23.1 Å². The van der Waals surface area contributed by atoms with Gasteiger partial charge in [-0.15, -0.1) is 0 Å². The first-order valence-corrected chi connectivity index (χ1v) is 13.6. The Bertz CT molecular complexity index is 1000. The average molecular weight is 466 g/mol. The highest BCUT2D eigenvalue weighted by molar-refractivity contribution is 5.72. The summed E-state index contributed by atoms with van der Waals surface area (Å²) in [5.41, 5.74) is 7.29. The molecule has 0 unspecified atom stereocenters. The molecule has 2 saturated carbocycles. The summed E-state index contributed by atoms with van der Waals surface area (Å²) in [4.78, 5) is 11.2. The number of aryl methyl sites for hydroxylation is 1. The number of rotatable bonds is 5. The van der Waals surface area contributed by atoms with Gasteiger partial charge in [0.2, 0.25) is 5.91 Å². The Morgan fingerprint density at radius 1 is 1.18 bits per heavy atom. The predicted octanol–water partition coefficient (Wildman–Crippen LogP) is 4.83. The number of hydrogen-bond acceptors (Lipinski definition) is 4. The molecule has 5 nitrogen and oxygen atoms in total. The molecule has 1 aromatic rings. The van der Waals surface area contributed by atoms with E-state index in [4.69, 9.17) is 10.2 Å². The Balaban J connectivity index is 1.37. The number of carbonyl (C=O) groups is 1. The lowest BCUT2D eigenvalue weighted by Crippen LogP contribution is -2.51. The van der Waals surface area contributed by atoms with Gasteiger partial charge in [-0.1, -0.05) is 32.4 Å². The molecule has 186 valence electrons. The van der Waals surface area contributed by atoms with E-state index < -0.39 is 0 Å². The second-order valence-corrected chi connectivity index (χ2v) is 12.5. The van der Waals surface area contributed by atoms with Gasteiger partial charge in [-0.2, -0.15) is 10.2 Å². The average Bonchev–Trinajstić information content (AvgIpc) is 3.11. The number of allylic oxidation sites excluding steroid dienone is 1. The second-order valence-electron chi connectivity index (χ2n) is 12.5. The van der Waals surface area contributed by atoms with Gasteiger partial charge in [0.25, 0.3) is 0 Å². The maximum atomic E-state index is 11.2. The van der Waals surface area contributed by atoms with Gasteiger partial charge in [-0.3, -0.25) is 4.79 Å². The van der Waals surface area contributed by atoms with Crippen molar-refractivity contribution in [3.05, 3.63) is 34.2 Å². The van der Waals surface area contributed by atoms with Crippen molar-refractivity contribution in [2.45, 2.75) is 104 Å². The van der Waals surface area contributed by atoms with E-state index >= 15 is 0 Å². The van der Waals surface area contributed by atoms with Gasteiger partial charge in [-0.25, -0.2) is 0 Å². The summed E-state index contributed by atoms with van der Waals surface area (Å²) in [5.74, 6) is 2.55. The third-order valence-corrected chi connectivity index (χ3v) is 10.4. The maximum Gasteiger partial charge on any atom is 0.216 e. The molecule has 7 atom stereocenters. The molecule has 0 aromatic carbocycles. The highest BCUT2D eigenvalue weighted by Gasteiger charge is 2.58. The van der Waals surface area contributed by atoms with Gasteiger partial charge in [-0.05, 0) is 110 Å². The van der Waals surface area contributed by atoms with E-state index in [1.807, 2.05) is 0 Å². The third kappa shape index (κ3) is 3.83. The van der Waals surface area contributed by atoms with Crippen LogP contribution in [0.3, 0.4) is 0 Å². The van der Waals surface area contributed by atoms with Gasteiger partial charge in [0.05, 0.1) is 17.5 Å². The predicted molar refractivity (Wildman–Crippen MR) is 134 cm³/mol. The van der Waals surface area contributed by atoms with Crippen molar-refractivity contribution >= 4 is 5.91 Å². The summed E-state index contributed by atoms with van der Waals surface area (Å²) in [6, 6.07) is 0. The summed E-state index contributed by atoms with van der Waals surface area (Å²) in [6.45, 7) is 11.8. The topological polar surface area (TPSA) is 75.1 Å². The van der Waals surface area contributed by atoms with Crippen LogP contribution in [0.4, 0.5) is 0 Å². The fourth-order valence-corrected chi connectivity index (χ4v) is 8.41. The Hall–Kier alpha value is -1.75. The molecule has 1 amide bonds.